The van der Waals surface area contributed by atoms with Gasteiger partial charge in [-0.1, -0.05) is 80.3 Å². The molecule has 0 fully saturated rings. The summed E-state index contributed by atoms with van der Waals surface area (Å²) in [6, 6.07) is 0. The summed E-state index contributed by atoms with van der Waals surface area (Å²) in [7, 11) is 0. The van der Waals surface area contributed by atoms with E-state index in [1.165, 1.54) is 0 Å². The Kier molecular flexibility index (Phi) is 12.6. The summed E-state index contributed by atoms with van der Waals surface area (Å²) in [4.78, 5) is 0. The number of hydrogen-bond donors (Lipinski definition) is 0. The van der Waals surface area contributed by atoms with Gasteiger partial charge in [-0.15, -0.1) is 0 Å². The van der Waals surface area contributed by atoms with Gasteiger partial charge in [0.2, 0.25) is 0 Å². The topological polar surface area (TPSA) is 0 Å². The van der Waals surface area contributed by atoms with Crippen LogP contribution in [0.15, 0.2) is 0 Å². The van der Waals surface area contributed by atoms with Crippen molar-refractivity contribution in [3.8, 4) is 0 Å². The van der Waals surface area contributed by atoms with Gasteiger partial charge in [0.1, 0.15) is 0 Å². The van der Waals surface area contributed by atoms with Crippen LogP contribution < -0.4 is 0 Å². The van der Waals surface area contributed by atoms with E-state index in [1.54, 1.807) is 6.92 Å². The fraction of sp³-hybridized carbons (Fsp3) is 1.00. The van der Waals surface area contributed by atoms with Gasteiger partial charge in [-0.3, -0.25) is 0 Å². The van der Waals surface area contributed by atoms with E-state index in [-0.39, 0.29) is 12.8 Å². The van der Waals surface area contributed by atoms with Gasteiger partial charge in [0.05, 0.1) is 5.92 Å². The maximum atomic E-state index is 14.7. The normalized spacial score (nSPS) is 16.4. The highest BCUT2D eigenvalue weighted by Crippen LogP contribution is 2.65. The van der Waals surface area contributed by atoms with Crippen LogP contribution in [0.4, 0.5) is 74.6 Å². The van der Waals surface area contributed by atoms with Gasteiger partial charge in [0, 0.05) is 12.8 Å². The zero-order valence-corrected chi connectivity index (χ0v) is 22.3. The number of alkyl halides is 20. The fourth-order valence-corrected chi connectivity index (χ4v) is 4.12. The largest absolute Gasteiger partial charge is 0.389 e. The van der Waals surface area contributed by atoms with Crippen LogP contribution in [-0.2, 0) is 0 Å². The third-order valence-corrected chi connectivity index (χ3v) is 6.65. The van der Waals surface area contributed by atoms with Gasteiger partial charge < -0.3 is 0 Å². The molecule has 0 rings (SSSR count). The van der Waals surface area contributed by atoms with E-state index < -0.39 is 83.0 Å². The highest BCUT2D eigenvalue weighted by Gasteiger charge is 2.93. The molecule has 20 heteroatoms. The maximum Gasteiger partial charge on any atom is 0.389 e. The molecule has 1 atom stereocenters. The first-order chi connectivity index (χ1) is 17.4. The van der Waals surface area contributed by atoms with Gasteiger partial charge in [-0.05, 0) is 6.42 Å². The zero-order chi connectivity index (χ0) is 32.4. The first-order valence-corrected chi connectivity index (χ1v) is 12.3. The molecule has 0 heterocycles. The van der Waals surface area contributed by atoms with Crippen molar-refractivity contribution in [2.75, 3.05) is 0 Å². The van der Waals surface area contributed by atoms with Gasteiger partial charge in [-0.2, -0.15) is 74.6 Å². The third kappa shape index (κ3) is 7.79. The molecular weight excluding hydrogens is 670 g/mol. The lowest BCUT2D eigenvalue weighted by atomic mass is 9.83. The molecule has 0 aliphatic carbocycles. The molecule has 0 spiro atoms. The molecule has 0 aromatic carbocycles. The van der Waals surface area contributed by atoms with E-state index in [0.717, 1.165) is 0 Å². The minimum atomic E-state index is -8.43. The van der Waals surface area contributed by atoms with E-state index in [1.807, 2.05) is 0 Å². The second-order valence-corrected chi connectivity index (χ2v) is 11.3. The Labute approximate surface area is 231 Å². The van der Waals surface area contributed by atoms with E-state index in [2.05, 4.69) is 0 Å². The third-order valence-electron chi connectivity index (χ3n) is 5.86. The summed E-state index contributed by atoms with van der Waals surface area (Å²) >= 11 is 15.4. The summed E-state index contributed by atoms with van der Waals surface area (Å²) in [6.45, 7) is 1.76. The molecule has 0 saturated carbocycles. The molecular formula is C20H22Cl3F17. The summed E-state index contributed by atoms with van der Waals surface area (Å²) in [5.41, 5.74) is 0. The van der Waals surface area contributed by atoms with Gasteiger partial charge in [0.15, 0.2) is 3.79 Å². The van der Waals surface area contributed by atoms with Crippen molar-refractivity contribution in [3.05, 3.63) is 0 Å². The lowest BCUT2D eigenvalue weighted by molar-refractivity contribution is -0.445. The molecule has 0 bridgehead atoms. The number of hydrogen-bond acceptors (Lipinski definition) is 0. The second kappa shape index (κ2) is 12.7. The molecule has 0 aromatic heterocycles. The Morgan fingerprint density at radius 3 is 1.25 bits per heavy atom. The average Bonchev–Trinajstić information content (AvgIpc) is 2.74. The average molecular weight is 692 g/mol. The molecule has 242 valence electrons. The van der Waals surface area contributed by atoms with Crippen molar-refractivity contribution >= 4 is 34.8 Å². The van der Waals surface area contributed by atoms with Crippen molar-refractivity contribution in [1.82, 2.24) is 0 Å². The van der Waals surface area contributed by atoms with Crippen molar-refractivity contribution in [1.29, 1.82) is 0 Å². The number of rotatable bonds is 16. The fourth-order valence-electron chi connectivity index (χ4n) is 3.38. The monoisotopic (exact) mass is 690 g/mol. The number of halogens is 20. The minimum Gasteiger partial charge on any atom is -0.200 e. The van der Waals surface area contributed by atoms with Crippen LogP contribution in [0.25, 0.3) is 0 Å². The summed E-state index contributed by atoms with van der Waals surface area (Å²) in [5.74, 6) is -57.9. The molecule has 0 amide bonds. The van der Waals surface area contributed by atoms with Crippen LogP contribution in [-0.4, -0.2) is 51.4 Å². The highest BCUT2D eigenvalue weighted by molar-refractivity contribution is 6.67. The predicted molar refractivity (Wildman–Crippen MR) is 112 cm³/mol. The van der Waals surface area contributed by atoms with E-state index >= 15 is 0 Å². The van der Waals surface area contributed by atoms with E-state index in [9.17, 15) is 74.6 Å². The second-order valence-electron chi connectivity index (χ2n) is 8.97. The van der Waals surface area contributed by atoms with Crippen LogP contribution in [0.5, 0.6) is 0 Å². The molecule has 0 aliphatic rings. The van der Waals surface area contributed by atoms with Gasteiger partial charge in [0.25, 0.3) is 0 Å². The molecule has 40 heavy (non-hydrogen) atoms. The Morgan fingerprint density at radius 1 is 0.475 bits per heavy atom. The molecule has 0 aromatic rings. The summed E-state index contributed by atoms with van der Waals surface area (Å²) < 4.78 is 229. The van der Waals surface area contributed by atoms with Crippen LogP contribution in [0.1, 0.15) is 64.7 Å². The minimum absolute atomic E-state index is 0.0806. The van der Waals surface area contributed by atoms with Gasteiger partial charge in [-0.25, -0.2) is 0 Å². The number of unbranched alkanes of at least 4 members (excludes halogenated alkanes) is 5. The molecule has 0 N–H and O–H groups in total. The van der Waals surface area contributed by atoms with Crippen molar-refractivity contribution in [3.63, 3.8) is 0 Å². The highest BCUT2D eigenvalue weighted by atomic mass is 35.6. The van der Waals surface area contributed by atoms with Crippen molar-refractivity contribution < 1.29 is 74.6 Å². The summed E-state index contributed by atoms with van der Waals surface area (Å²) in [5, 5.41) is 0. The maximum absolute atomic E-state index is 14.7. The quantitative estimate of drug-likeness (QED) is 0.0859. The zero-order valence-electron chi connectivity index (χ0n) is 20.0. The lowest BCUT2D eigenvalue weighted by Gasteiger charge is -2.44. The van der Waals surface area contributed by atoms with Crippen molar-refractivity contribution in [2.45, 2.75) is 116 Å². The van der Waals surface area contributed by atoms with Crippen LogP contribution in [0, 0.1) is 5.92 Å². The Balaban J connectivity index is 6.51. The van der Waals surface area contributed by atoms with Crippen molar-refractivity contribution in [2.24, 2.45) is 5.92 Å². The Hall–Kier alpha value is -0.320. The first kappa shape index (κ1) is 39.7. The van der Waals surface area contributed by atoms with Crippen LogP contribution in [0.3, 0.4) is 0 Å². The standard InChI is InChI=1S/C20H22Cl3F17/c1-2-3-4-5-6-7-8-11(15(21,22)23)14(29,30)17(33,34)19(37,38)20(39,40)18(35,36)16(31,32)12(24,25)9-10-13(26,27)28/h11H,2-10H2,1H3. The first-order valence-electron chi connectivity index (χ1n) is 11.2. The Bertz CT molecular complexity index is 803. The molecule has 1 unspecified atom stereocenters. The molecule has 0 nitrogen and oxygen atoms in total. The predicted octanol–water partition coefficient (Wildman–Crippen LogP) is 11.5. The van der Waals surface area contributed by atoms with E-state index in [4.69, 9.17) is 34.8 Å². The smallest absolute Gasteiger partial charge is 0.200 e. The van der Waals surface area contributed by atoms with Gasteiger partial charge >= 0.3 is 47.6 Å². The Morgan fingerprint density at radius 2 is 0.850 bits per heavy atom. The SMILES string of the molecule is CCCCCCCCC(C(Cl)(Cl)Cl)C(F)(F)C(F)(F)C(F)(F)C(F)(F)C(F)(F)C(F)(F)C(F)(F)CCC(F)(F)F. The van der Waals surface area contributed by atoms with Crippen LogP contribution in [0.2, 0.25) is 0 Å². The molecule has 0 aliphatic heterocycles. The lowest BCUT2D eigenvalue weighted by Crippen LogP contribution is -2.74. The summed E-state index contributed by atoms with van der Waals surface area (Å²) in [6.07, 6.45) is -12.3. The molecule has 0 radical (unpaired) electrons. The molecule has 0 saturated heterocycles. The van der Waals surface area contributed by atoms with Crippen LogP contribution >= 0.6 is 34.8 Å². The van der Waals surface area contributed by atoms with E-state index in [0.29, 0.717) is 19.3 Å².